The number of carbonyl (C=O) groups is 1. The fraction of sp³-hybridized carbons (Fsp3) is 0.211. The fourth-order valence-corrected chi connectivity index (χ4v) is 2.54. The molecule has 1 N–H and O–H groups in total. The SMILES string of the molecule is C[C@@H](NC(=O)COc1ccccc1C(F)(F)F)c1cc2ccccc2o1. The number of furan rings is 1. The maximum absolute atomic E-state index is 12.9. The third-order valence-corrected chi connectivity index (χ3v) is 3.80. The van der Waals surface area contributed by atoms with Crippen molar-refractivity contribution in [2.45, 2.75) is 19.1 Å². The summed E-state index contributed by atoms with van der Waals surface area (Å²) in [6, 6.07) is 13.5. The lowest BCUT2D eigenvalue weighted by Crippen LogP contribution is -2.31. The first-order valence-electron chi connectivity index (χ1n) is 7.91. The Balaban J connectivity index is 1.62. The van der Waals surface area contributed by atoms with Crippen molar-refractivity contribution < 1.29 is 27.1 Å². The van der Waals surface area contributed by atoms with Crippen molar-refractivity contribution in [3.8, 4) is 5.75 Å². The average molecular weight is 363 g/mol. The van der Waals surface area contributed by atoms with Crippen LogP contribution < -0.4 is 10.1 Å². The van der Waals surface area contributed by atoms with E-state index in [0.717, 1.165) is 11.5 Å². The van der Waals surface area contributed by atoms with Crippen molar-refractivity contribution in [3.63, 3.8) is 0 Å². The van der Waals surface area contributed by atoms with Gasteiger partial charge in [0.1, 0.15) is 17.1 Å². The molecule has 7 heteroatoms. The van der Waals surface area contributed by atoms with Gasteiger partial charge in [0, 0.05) is 5.39 Å². The molecule has 2 aromatic carbocycles. The quantitative estimate of drug-likeness (QED) is 0.714. The molecule has 0 saturated heterocycles. The predicted molar refractivity (Wildman–Crippen MR) is 89.7 cm³/mol. The number of benzene rings is 2. The smallest absolute Gasteiger partial charge is 0.419 e. The second kappa shape index (κ2) is 7.11. The lowest BCUT2D eigenvalue weighted by Gasteiger charge is -2.15. The zero-order chi connectivity index (χ0) is 18.7. The number of alkyl halides is 3. The van der Waals surface area contributed by atoms with Crippen molar-refractivity contribution >= 4 is 16.9 Å². The van der Waals surface area contributed by atoms with Gasteiger partial charge in [-0.25, -0.2) is 0 Å². The number of carbonyl (C=O) groups excluding carboxylic acids is 1. The normalized spacial score (nSPS) is 12.8. The van der Waals surface area contributed by atoms with Gasteiger partial charge < -0.3 is 14.5 Å². The summed E-state index contributed by atoms with van der Waals surface area (Å²) in [5.41, 5.74) is -0.225. The first kappa shape index (κ1) is 17.8. The molecule has 0 radical (unpaired) electrons. The third-order valence-electron chi connectivity index (χ3n) is 3.80. The van der Waals surface area contributed by atoms with Crippen molar-refractivity contribution in [2.75, 3.05) is 6.61 Å². The Morgan fingerprint density at radius 1 is 1.15 bits per heavy atom. The van der Waals surface area contributed by atoms with Crippen LogP contribution in [0.1, 0.15) is 24.3 Å². The molecule has 4 nitrogen and oxygen atoms in total. The Labute approximate surface area is 147 Å². The van der Waals surface area contributed by atoms with E-state index in [-0.39, 0.29) is 5.75 Å². The van der Waals surface area contributed by atoms with E-state index in [2.05, 4.69) is 5.32 Å². The minimum absolute atomic E-state index is 0.383. The number of nitrogens with one attached hydrogen (secondary N) is 1. The molecule has 0 aliphatic rings. The lowest BCUT2D eigenvalue weighted by atomic mass is 10.2. The van der Waals surface area contributed by atoms with Gasteiger partial charge in [0.15, 0.2) is 6.61 Å². The highest BCUT2D eigenvalue weighted by Gasteiger charge is 2.34. The van der Waals surface area contributed by atoms with Gasteiger partial charge in [-0.2, -0.15) is 13.2 Å². The minimum atomic E-state index is -4.55. The van der Waals surface area contributed by atoms with Crippen molar-refractivity contribution in [3.05, 3.63) is 65.9 Å². The highest BCUT2D eigenvalue weighted by atomic mass is 19.4. The van der Waals surface area contributed by atoms with E-state index in [9.17, 15) is 18.0 Å². The molecule has 0 aliphatic heterocycles. The van der Waals surface area contributed by atoms with Crippen LogP contribution in [-0.4, -0.2) is 12.5 Å². The standard InChI is InChI=1S/C19H16F3NO3/c1-12(17-10-13-6-2-4-8-15(13)26-17)23-18(24)11-25-16-9-5-3-7-14(16)19(20,21)22/h2-10,12H,11H2,1H3,(H,23,24)/t12-/m1/s1. The van der Waals surface area contributed by atoms with Gasteiger partial charge in [0.25, 0.3) is 5.91 Å². The fourth-order valence-electron chi connectivity index (χ4n) is 2.54. The summed E-state index contributed by atoms with van der Waals surface area (Å²) in [4.78, 5) is 12.0. The number of fused-ring (bicyclic) bond motifs is 1. The molecule has 0 bridgehead atoms. The van der Waals surface area contributed by atoms with Crippen molar-refractivity contribution in [1.82, 2.24) is 5.32 Å². The molecule has 1 amide bonds. The maximum atomic E-state index is 12.9. The van der Waals surface area contributed by atoms with Crippen LogP contribution in [0, 0.1) is 0 Å². The summed E-state index contributed by atoms with van der Waals surface area (Å²) < 4.78 is 49.4. The zero-order valence-electron chi connectivity index (χ0n) is 13.8. The number of amides is 1. The van der Waals surface area contributed by atoms with Crippen LogP contribution in [-0.2, 0) is 11.0 Å². The Morgan fingerprint density at radius 3 is 2.58 bits per heavy atom. The number of hydrogen-bond acceptors (Lipinski definition) is 3. The molecule has 136 valence electrons. The second-order valence-corrected chi connectivity index (χ2v) is 5.76. The molecule has 0 unspecified atom stereocenters. The highest BCUT2D eigenvalue weighted by Crippen LogP contribution is 2.35. The van der Waals surface area contributed by atoms with Crippen molar-refractivity contribution in [2.24, 2.45) is 0 Å². The number of hydrogen-bond donors (Lipinski definition) is 1. The predicted octanol–water partition coefficient (Wildman–Crippen LogP) is 4.71. The first-order valence-corrected chi connectivity index (χ1v) is 7.91. The highest BCUT2D eigenvalue weighted by molar-refractivity contribution is 5.79. The lowest BCUT2D eigenvalue weighted by molar-refractivity contribution is -0.139. The van der Waals surface area contributed by atoms with Gasteiger partial charge in [-0.15, -0.1) is 0 Å². The van der Waals surface area contributed by atoms with Crippen LogP contribution in [0.3, 0.4) is 0 Å². The van der Waals surface area contributed by atoms with Gasteiger partial charge in [0.2, 0.25) is 0 Å². The second-order valence-electron chi connectivity index (χ2n) is 5.76. The third kappa shape index (κ3) is 3.99. The molecule has 0 saturated carbocycles. The van der Waals surface area contributed by atoms with Crippen LogP contribution in [0.4, 0.5) is 13.2 Å². The topological polar surface area (TPSA) is 51.5 Å². The van der Waals surface area contributed by atoms with E-state index in [1.807, 2.05) is 24.3 Å². The zero-order valence-corrected chi connectivity index (χ0v) is 13.8. The summed E-state index contributed by atoms with van der Waals surface area (Å²) in [6.07, 6.45) is -4.55. The molecular weight excluding hydrogens is 347 g/mol. The van der Waals surface area contributed by atoms with Crippen molar-refractivity contribution in [1.29, 1.82) is 0 Å². The molecule has 26 heavy (non-hydrogen) atoms. The molecule has 0 fully saturated rings. The largest absolute Gasteiger partial charge is 0.483 e. The van der Waals surface area contributed by atoms with Crippen LogP contribution >= 0.6 is 0 Å². The molecule has 0 aliphatic carbocycles. The number of halogens is 3. The first-order chi connectivity index (χ1) is 12.3. The molecule has 1 aromatic heterocycles. The van der Waals surface area contributed by atoms with Gasteiger partial charge in [-0.3, -0.25) is 4.79 Å². The van der Waals surface area contributed by atoms with Gasteiger partial charge in [-0.1, -0.05) is 30.3 Å². The number of ether oxygens (including phenoxy) is 1. The Morgan fingerprint density at radius 2 is 1.85 bits per heavy atom. The van der Waals surface area contributed by atoms with E-state index in [1.165, 1.54) is 18.2 Å². The molecule has 1 atom stereocenters. The van der Waals surface area contributed by atoms with Crippen LogP contribution in [0.25, 0.3) is 11.0 Å². The van der Waals surface area contributed by atoms with E-state index < -0.39 is 30.3 Å². The Kier molecular flexibility index (Phi) is 4.88. The molecule has 0 spiro atoms. The van der Waals surface area contributed by atoms with Gasteiger partial charge in [0.05, 0.1) is 11.6 Å². The number of rotatable bonds is 5. The Bertz CT molecular complexity index is 885. The van der Waals surface area contributed by atoms with E-state index >= 15 is 0 Å². The maximum Gasteiger partial charge on any atom is 0.419 e. The van der Waals surface area contributed by atoms with Crippen LogP contribution in [0.5, 0.6) is 5.75 Å². The van der Waals surface area contributed by atoms with Gasteiger partial charge in [-0.05, 0) is 31.2 Å². The summed E-state index contributed by atoms with van der Waals surface area (Å²) in [6.45, 7) is 1.19. The summed E-state index contributed by atoms with van der Waals surface area (Å²) in [5, 5.41) is 3.55. The van der Waals surface area contributed by atoms with Crippen LogP contribution in [0.15, 0.2) is 59.0 Å². The summed E-state index contributed by atoms with van der Waals surface area (Å²) in [7, 11) is 0. The Hall–Kier alpha value is -2.96. The van der Waals surface area contributed by atoms with E-state index in [1.54, 1.807) is 13.0 Å². The van der Waals surface area contributed by atoms with E-state index in [4.69, 9.17) is 9.15 Å². The molecule has 3 rings (SSSR count). The molecule has 3 aromatic rings. The van der Waals surface area contributed by atoms with Crippen LogP contribution in [0.2, 0.25) is 0 Å². The van der Waals surface area contributed by atoms with E-state index in [0.29, 0.717) is 11.3 Å². The summed E-state index contributed by atoms with van der Waals surface area (Å²) >= 11 is 0. The van der Waals surface area contributed by atoms with Gasteiger partial charge >= 0.3 is 6.18 Å². The average Bonchev–Trinajstić information content (AvgIpc) is 3.04. The number of para-hydroxylation sites is 2. The molecular formula is C19H16F3NO3. The monoisotopic (exact) mass is 363 g/mol. The minimum Gasteiger partial charge on any atom is -0.483 e. The summed E-state index contributed by atoms with van der Waals surface area (Å²) in [5.74, 6) is -0.378. The molecule has 1 heterocycles.